The molecule has 4 nitrogen and oxygen atoms in total. The Morgan fingerprint density at radius 1 is 1.10 bits per heavy atom. The van der Waals surface area contributed by atoms with Crippen molar-refractivity contribution >= 4 is 17.4 Å². The highest BCUT2D eigenvalue weighted by Gasteiger charge is 2.36. The van der Waals surface area contributed by atoms with E-state index in [4.69, 9.17) is 0 Å². The zero-order valence-electron chi connectivity index (χ0n) is 17.3. The highest BCUT2D eigenvalue weighted by atomic mass is 19.1. The lowest BCUT2D eigenvalue weighted by molar-refractivity contribution is -0.118. The van der Waals surface area contributed by atoms with Gasteiger partial charge >= 0.3 is 0 Å². The molecule has 0 radical (unpaired) electrons. The van der Waals surface area contributed by atoms with Crippen molar-refractivity contribution in [2.75, 3.05) is 5.32 Å². The Balaban J connectivity index is 1.52. The maximum Gasteiger partial charge on any atom is 0.251 e. The highest BCUT2D eigenvalue weighted by Crippen LogP contribution is 2.34. The van der Waals surface area contributed by atoms with E-state index in [1.54, 1.807) is 12.1 Å². The summed E-state index contributed by atoms with van der Waals surface area (Å²) in [5.74, 6) is -0.702. The van der Waals surface area contributed by atoms with Gasteiger partial charge in [-0.05, 0) is 68.7 Å². The molecule has 4 rings (SSSR count). The summed E-state index contributed by atoms with van der Waals surface area (Å²) in [5.41, 5.74) is 3.27. The number of ketones is 1. The summed E-state index contributed by atoms with van der Waals surface area (Å²) < 4.78 is 13.2. The van der Waals surface area contributed by atoms with E-state index in [2.05, 4.69) is 10.6 Å². The van der Waals surface area contributed by atoms with Gasteiger partial charge in [0.2, 0.25) is 0 Å². The van der Waals surface area contributed by atoms with E-state index in [9.17, 15) is 14.0 Å². The van der Waals surface area contributed by atoms with E-state index in [1.807, 2.05) is 57.2 Å². The number of carbonyl (C=O) groups excluding carboxylic acids is 2. The molecule has 0 fully saturated rings. The summed E-state index contributed by atoms with van der Waals surface area (Å²) in [6.45, 7) is 5.75. The van der Waals surface area contributed by atoms with Crippen LogP contribution in [0.25, 0.3) is 0 Å². The average molecular weight is 404 g/mol. The lowest BCUT2D eigenvalue weighted by atomic mass is 9.79. The molecular formula is C25H25FN2O2. The molecule has 0 spiro atoms. The fraction of sp³-hybridized carbons (Fsp3) is 0.280. The predicted molar refractivity (Wildman–Crippen MR) is 116 cm³/mol. The number of halogens is 1. The maximum atomic E-state index is 13.2. The van der Waals surface area contributed by atoms with E-state index in [-0.39, 0.29) is 29.5 Å². The Hall–Kier alpha value is -3.21. The summed E-state index contributed by atoms with van der Waals surface area (Å²) in [6.07, 6.45) is 4.32. The van der Waals surface area contributed by atoms with Crippen LogP contribution in [0.4, 0.5) is 10.1 Å². The van der Waals surface area contributed by atoms with Crippen LogP contribution in [0.3, 0.4) is 0 Å². The van der Waals surface area contributed by atoms with Crippen LogP contribution < -0.4 is 10.6 Å². The largest absolute Gasteiger partial charge is 0.377 e. The predicted octanol–water partition coefficient (Wildman–Crippen LogP) is 4.44. The quantitative estimate of drug-likeness (QED) is 0.792. The van der Waals surface area contributed by atoms with Gasteiger partial charge in [-0.1, -0.05) is 30.3 Å². The molecule has 1 aliphatic heterocycles. The van der Waals surface area contributed by atoms with Crippen LogP contribution in [0.15, 0.2) is 71.8 Å². The topological polar surface area (TPSA) is 58.2 Å². The first kappa shape index (κ1) is 20.1. The molecule has 1 heterocycles. The monoisotopic (exact) mass is 404 g/mol. The molecule has 0 saturated carbocycles. The third-order valence-electron chi connectivity index (χ3n) is 5.66. The number of anilines is 1. The highest BCUT2D eigenvalue weighted by molar-refractivity contribution is 6.08. The number of nitrogens with one attached hydrogen (secondary N) is 2. The van der Waals surface area contributed by atoms with Gasteiger partial charge in [-0.15, -0.1) is 0 Å². The minimum atomic E-state index is -0.519. The molecule has 2 aromatic carbocycles. The second kappa shape index (κ2) is 7.56. The minimum Gasteiger partial charge on any atom is -0.377 e. The van der Waals surface area contributed by atoms with E-state index >= 15 is 0 Å². The van der Waals surface area contributed by atoms with Gasteiger partial charge in [0.15, 0.2) is 5.78 Å². The number of benzene rings is 2. The van der Waals surface area contributed by atoms with E-state index in [1.165, 1.54) is 12.1 Å². The standard InChI is InChI=1S/C25H25FN2O2/c1-15-12-20-22(27-21-7-5-4-6-18(21)23(20)29)13-19(15)24(30)28-25(2,3)14-16-8-10-17(26)11-9-16/h4-13,20,22,27H,14H2,1-3H3,(H,28,30). The summed E-state index contributed by atoms with van der Waals surface area (Å²) in [7, 11) is 0. The van der Waals surface area contributed by atoms with Gasteiger partial charge in [0, 0.05) is 22.4 Å². The molecule has 5 heteroatoms. The molecular weight excluding hydrogens is 379 g/mol. The Bertz CT molecular complexity index is 1070. The average Bonchev–Trinajstić information content (AvgIpc) is 2.69. The van der Waals surface area contributed by atoms with Crippen LogP contribution >= 0.6 is 0 Å². The normalized spacial score (nSPS) is 20.3. The third kappa shape index (κ3) is 3.92. The van der Waals surface area contributed by atoms with Gasteiger partial charge < -0.3 is 10.6 Å². The van der Waals surface area contributed by atoms with Crippen LogP contribution in [0, 0.1) is 11.7 Å². The molecule has 1 amide bonds. The first-order chi connectivity index (χ1) is 14.2. The number of carbonyl (C=O) groups is 2. The number of hydrogen-bond acceptors (Lipinski definition) is 3. The van der Waals surface area contributed by atoms with E-state index in [0.717, 1.165) is 16.8 Å². The number of rotatable bonds is 4. The lowest BCUT2D eigenvalue weighted by Gasteiger charge is -2.34. The van der Waals surface area contributed by atoms with Crippen molar-refractivity contribution in [3.8, 4) is 0 Å². The Morgan fingerprint density at radius 3 is 2.53 bits per heavy atom. The van der Waals surface area contributed by atoms with Gasteiger partial charge in [0.25, 0.3) is 5.91 Å². The van der Waals surface area contributed by atoms with Crippen LogP contribution in [-0.2, 0) is 11.2 Å². The van der Waals surface area contributed by atoms with Crippen molar-refractivity contribution in [3.05, 3.63) is 88.8 Å². The summed E-state index contributed by atoms with van der Waals surface area (Å²) in [6, 6.07) is 13.5. The van der Waals surface area contributed by atoms with E-state index < -0.39 is 5.54 Å². The fourth-order valence-electron chi connectivity index (χ4n) is 4.22. The van der Waals surface area contributed by atoms with Gasteiger partial charge in [-0.3, -0.25) is 9.59 Å². The summed E-state index contributed by atoms with van der Waals surface area (Å²) in [5, 5.41) is 6.48. The summed E-state index contributed by atoms with van der Waals surface area (Å²) >= 11 is 0. The Labute approximate surface area is 175 Å². The zero-order valence-corrected chi connectivity index (χ0v) is 17.3. The van der Waals surface area contributed by atoms with Crippen LogP contribution in [0.5, 0.6) is 0 Å². The number of Topliss-reactive ketones (excluding diaryl/α,β-unsaturated/α-hetero) is 1. The lowest BCUT2D eigenvalue weighted by Crippen LogP contribution is -2.47. The molecule has 2 aliphatic rings. The molecule has 2 atom stereocenters. The van der Waals surface area contributed by atoms with Crippen molar-refractivity contribution < 1.29 is 14.0 Å². The first-order valence-electron chi connectivity index (χ1n) is 10.1. The smallest absolute Gasteiger partial charge is 0.251 e. The molecule has 0 aromatic heterocycles. The number of para-hydroxylation sites is 1. The number of amides is 1. The maximum absolute atomic E-state index is 13.2. The SMILES string of the molecule is CC1=CC2C(=O)c3ccccc3NC2C=C1C(=O)NC(C)(C)Cc1ccc(F)cc1. The fourth-order valence-corrected chi connectivity index (χ4v) is 4.22. The molecule has 30 heavy (non-hydrogen) atoms. The van der Waals surface area contributed by atoms with Crippen molar-refractivity contribution in [2.45, 2.75) is 38.8 Å². The van der Waals surface area contributed by atoms with Gasteiger partial charge in [0.05, 0.1) is 12.0 Å². The second-order valence-corrected chi connectivity index (χ2v) is 8.68. The molecule has 2 N–H and O–H groups in total. The molecule has 1 aliphatic carbocycles. The molecule has 154 valence electrons. The Kier molecular flexibility index (Phi) is 5.06. The number of hydrogen-bond donors (Lipinski definition) is 2. The van der Waals surface area contributed by atoms with Crippen LogP contribution in [0.2, 0.25) is 0 Å². The number of fused-ring (bicyclic) bond motifs is 2. The molecule has 2 unspecified atom stereocenters. The Morgan fingerprint density at radius 2 is 1.80 bits per heavy atom. The van der Waals surface area contributed by atoms with Crippen molar-refractivity contribution in [1.82, 2.24) is 5.32 Å². The van der Waals surface area contributed by atoms with Gasteiger partial charge in [0.1, 0.15) is 5.82 Å². The molecule has 0 saturated heterocycles. The van der Waals surface area contributed by atoms with Gasteiger partial charge in [-0.25, -0.2) is 4.39 Å². The molecule has 2 aromatic rings. The van der Waals surface area contributed by atoms with E-state index in [0.29, 0.717) is 17.6 Å². The van der Waals surface area contributed by atoms with Crippen molar-refractivity contribution in [1.29, 1.82) is 0 Å². The minimum absolute atomic E-state index is 0.0704. The summed E-state index contributed by atoms with van der Waals surface area (Å²) in [4.78, 5) is 26.0. The van der Waals surface area contributed by atoms with Crippen molar-refractivity contribution in [2.24, 2.45) is 5.92 Å². The third-order valence-corrected chi connectivity index (χ3v) is 5.66. The zero-order chi connectivity index (χ0) is 21.5. The second-order valence-electron chi connectivity index (χ2n) is 8.68. The van der Waals surface area contributed by atoms with Crippen LogP contribution in [0.1, 0.15) is 36.7 Å². The van der Waals surface area contributed by atoms with Gasteiger partial charge in [-0.2, -0.15) is 0 Å². The first-order valence-corrected chi connectivity index (χ1v) is 10.1. The van der Waals surface area contributed by atoms with Crippen LogP contribution in [-0.4, -0.2) is 23.3 Å². The molecule has 0 bridgehead atoms. The van der Waals surface area contributed by atoms with Crippen molar-refractivity contribution in [3.63, 3.8) is 0 Å².